The number of nitro benzene ring substituents is 1. The maximum absolute atomic E-state index is 10.5. The van der Waals surface area contributed by atoms with Gasteiger partial charge in [0.15, 0.2) is 0 Å². The first-order chi connectivity index (χ1) is 5.93. The zero-order valence-electron chi connectivity index (χ0n) is 7.21. The van der Waals surface area contributed by atoms with Crippen LogP contribution in [0.25, 0.3) is 0 Å². The van der Waals surface area contributed by atoms with Gasteiger partial charge in [-0.3, -0.25) is 10.1 Å². The first-order valence-corrected chi connectivity index (χ1v) is 4.53. The first kappa shape index (κ1) is 14.6. The maximum Gasteiger partial charge on any atom is 1.00 e. The normalized spacial score (nSPS) is 10.4. The van der Waals surface area contributed by atoms with Crippen molar-refractivity contribution in [1.29, 1.82) is 0 Å². The quantitative estimate of drug-likeness (QED) is 0.338. The van der Waals surface area contributed by atoms with E-state index in [1.807, 2.05) is 0 Å². The zero-order valence-corrected chi connectivity index (χ0v) is 14.3. The van der Waals surface area contributed by atoms with Gasteiger partial charge in [0.2, 0.25) is 0 Å². The molecule has 0 amide bonds. The smallest absolute Gasteiger partial charge is 0.744 e. The molecule has 0 saturated carbocycles. The molecular weight excluding hydrogens is 331 g/mol. The van der Waals surface area contributed by atoms with E-state index in [2.05, 4.69) is 0 Å². The third-order valence-corrected chi connectivity index (χ3v) is 2.22. The third kappa shape index (κ3) is 3.62. The van der Waals surface area contributed by atoms with Gasteiger partial charge in [-0.05, 0) is 6.07 Å². The fraction of sp³-hybridized carbons (Fsp3) is 0. The van der Waals surface area contributed by atoms with Gasteiger partial charge in [0, 0.05) is 6.07 Å². The Labute approximate surface area is 139 Å². The molecule has 0 saturated heterocycles. The van der Waals surface area contributed by atoms with Crippen molar-refractivity contribution in [3.05, 3.63) is 34.4 Å². The van der Waals surface area contributed by atoms with Crippen molar-refractivity contribution in [3.63, 3.8) is 0 Å². The van der Waals surface area contributed by atoms with Crippen LogP contribution in [0.4, 0.5) is 5.69 Å². The van der Waals surface area contributed by atoms with Crippen LogP contribution in [0.15, 0.2) is 29.2 Å². The van der Waals surface area contributed by atoms with Crippen molar-refractivity contribution in [2.45, 2.75) is 4.90 Å². The van der Waals surface area contributed by atoms with E-state index in [1.165, 1.54) is 12.1 Å². The van der Waals surface area contributed by atoms with Crippen molar-refractivity contribution in [3.8, 4) is 0 Å². The summed E-state index contributed by atoms with van der Waals surface area (Å²) in [6.45, 7) is 0. The van der Waals surface area contributed by atoms with Crippen molar-refractivity contribution in [2.24, 2.45) is 0 Å². The van der Waals surface area contributed by atoms with E-state index in [4.69, 9.17) is 0 Å². The van der Waals surface area contributed by atoms with E-state index in [-0.39, 0.29) is 68.9 Å². The molecule has 0 spiro atoms. The molecule has 0 aliphatic heterocycles. The average Bonchev–Trinajstić information content (AvgIpc) is 2.03. The van der Waals surface area contributed by atoms with Crippen molar-refractivity contribution in [2.75, 3.05) is 0 Å². The van der Waals surface area contributed by atoms with E-state index in [9.17, 15) is 23.1 Å². The van der Waals surface area contributed by atoms with Crippen LogP contribution in [0.3, 0.4) is 0 Å². The van der Waals surface area contributed by atoms with Gasteiger partial charge in [-0.15, -0.1) is 0 Å². The Hall–Kier alpha value is 0.582. The molecule has 0 atom stereocenters. The molecule has 1 rings (SSSR count). The Bertz CT molecular complexity index is 443. The number of para-hydroxylation sites is 1. The van der Waals surface area contributed by atoms with Crippen LogP contribution in [0, 0.1) is 10.1 Å². The molecule has 14 heavy (non-hydrogen) atoms. The summed E-state index contributed by atoms with van der Waals surface area (Å²) in [6.07, 6.45) is 0. The second kappa shape index (κ2) is 5.61. The van der Waals surface area contributed by atoms with E-state index < -0.39 is 25.6 Å². The second-order valence-corrected chi connectivity index (χ2v) is 3.53. The van der Waals surface area contributed by atoms with Crippen LogP contribution >= 0.6 is 0 Å². The predicted molar refractivity (Wildman–Crippen MR) is 41.1 cm³/mol. The van der Waals surface area contributed by atoms with E-state index in [0.717, 1.165) is 12.1 Å². The molecule has 6 nitrogen and oxygen atoms in total. The van der Waals surface area contributed by atoms with Crippen LogP contribution in [-0.2, 0) is 10.1 Å². The predicted octanol–water partition coefficient (Wildman–Crippen LogP) is -2.50. The summed E-state index contributed by atoms with van der Waals surface area (Å²) in [4.78, 5) is 8.55. The molecule has 0 unspecified atom stereocenters. The Morgan fingerprint density at radius 3 is 2.07 bits per heavy atom. The summed E-state index contributed by atoms with van der Waals surface area (Å²) in [6, 6.07) is 4.40. The van der Waals surface area contributed by atoms with E-state index in [1.54, 1.807) is 0 Å². The summed E-state index contributed by atoms with van der Waals surface area (Å²) in [5, 5.41) is 10.3. The summed E-state index contributed by atoms with van der Waals surface area (Å²) in [5.74, 6) is 0. The molecule has 8 heteroatoms. The summed E-state index contributed by atoms with van der Waals surface area (Å²) in [7, 11) is -4.77. The molecule has 0 radical (unpaired) electrons. The number of hydrogen-bond donors (Lipinski definition) is 0. The maximum atomic E-state index is 10.5. The van der Waals surface area contributed by atoms with Gasteiger partial charge in [-0.1, -0.05) is 12.1 Å². The number of hydrogen-bond acceptors (Lipinski definition) is 5. The van der Waals surface area contributed by atoms with Gasteiger partial charge in [0.1, 0.15) is 15.0 Å². The number of rotatable bonds is 2. The van der Waals surface area contributed by atoms with Gasteiger partial charge in [0.25, 0.3) is 5.69 Å². The Morgan fingerprint density at radius 1 is 1.21 bits per heavy atom. The van der Waals surface area contributed by atoms with Gasteiger partial charge in [-0.2, -0.15) is 0 Å². The van der Waals surface area contributed by atoms with Gasteiger partial charge in [-0.25, -0.2) is 8.42 Å². The van der Waals surface area contributed by atoms with Crippen LogP contribution in [-0.4, -0.2) is 17.9 Å². The van der Waals surface area contributed by atoms with Crippen LogP contribution < -0.4 is 68.9 Å². The molecule has 0 aliphatic carbocycles. The fourth-order valence-corrected chi connectivity index (χ4v) is 1.46. The molecule has 0 fully saturated rings. The fourth-order valence-electron chi connectivity index (χ4n) is 0.819. The SMILES string of the molecule is O=[N+]([O-])c1ccccc1S(=O)(=O)[O-].[Cs+]. The minimum Gasteiger partial charge on any atom is -0.744 e. The molecule has 70 valence electrons. The van der Waals surface area contributed by atoms with Crippen LogP contribution in [0.2, 0.25) is 0 Å². The minimum absolute atomic E-state index is 0. The van der Waals surface area contributed by atoms with Crippen molar-refractivity contribution in [1.82, 2.24) is 0 Å². The zero-order chi connectivity index (χ0) is 10.1. The van der Waals surface area contributed by atoms with Crippen LogP contribution in [0.5, 0.6) is 0 Å². The number of nitrogens with zero attached hydrogens (tertiary/aromatic N) is 1. The Kier molecular flexibility index (Phi) is 5.84. The molecule has 0 aliphatic rings. The average molecular weight is 335 g/mol. The second-order valence-electron chi connectivity index (χ2n) is 2.18. The van der Waals surface area contributed by atoms with E-state index in [0.29, 0.717) is 0 Å². The van der Waals surface area contributed by atoms with Gasteiger partial charge < -0.3 is 4.55 Å². The molecule has 1 aromatic rings. The largest absolute Gasteiger partial charge is 1.00 e. The monoisotopic (exact) mass is 335 g/mol. The topological polar surface area (TPSA) is 100 Å². The molecule has 1 aromatic carbocycles. The summed E-state index contributed by atoms with van der Waals surface area (Å²) >= 11 is 0. The summed E-state index contributed by atoms with van der Waals surface area (Å²) in [5.41, 5.74) is -0.697. The summed E-state index contributed by atoms with van der Waals surface area (Å²) < 4.78 is 31.5. The molecule has 0 bridgehead atoms. The molecule has 0 aromatic heterocycles. The number of benzene rings is 1. The van der Waals surface area contributed by atoms with Gasteiger partial charge >= 0.3 is 68.9 Å². The number of nitro groups is 1. The molecule has 0 heterocycles. The van der Waals surface area contributed by atoms with Crippen molar-refractivity contribution < 1.29 is 86.8 Å². The Balaban J connectivity index is 0.00000169. The van der Waals surface area contributed by atoms with Crippen molar-refractivity contribution >= 4 is 15.8 Å². The first-order valence-electron chi connectivity index (χ1n) is 3.12. The molecular formula is C6H4CsNO5S. The van der Waals surface area contributed by atoms with E-state index >= 15 is 0 Å². The van der Waals surface area contributed by atoms with Crippen LogP contribution in [0.1, 0.15) is 0 Å². The standard InChI is InChI=1S/C6H5NO5S.Cs/c8-7(9)5-3-1-2-4-6(5)13(10,11)12;/h1-4H,(H,10,11,12);/q;+1/p-1. The van der Waals surface area contributed by atoms with Gasteiger partial charge in [0.05, 0.1) is 4.92 Å². The Morgan fingerprint density at radius 2 is 1.71 bits per heavy atom. The third-order valence-electron chi connectivity index (χ3n) is 1.33. The minimum atomic E-state index is -4.77. The molecule has 0 N–H and O–H groups in total.